The quantitative estimate of drug-likeness (QED) is 0.619. The van der Waals surface area contributed by atoms with Crippen LogP contribution in [-0.4, -0.2) is 29.4 Å². The Bertz CT molecular complexity index is 1290. The summed E-state index contributed by atoms with van der Waals surface area (Å²) in [5, 5.41) is 4.01. The minimum Gasteiger partial charge on any atom is -0.370 e. The summed E-state index contributed by atoms with van der Waals surface area (Å²) in [4.78, 5) is 13.3. The number of halogens is 3. The minimum absolute atomic E-state index is 0.0242. The van der Waals surface area contributed by atoms with Crippen LogP contribution in [0.1, 0.15) is 44.9 Å². The van der Waals surface area contributed by atoms with Crippen molar-refractivity contribution in [2.45, 2.75) is 39.0 Å². The second kappa shape index (κ2) is 11.1. The van der Waals surface area contributed by atoms with Crippen LogP contribution < -0.4 is 15.9 Å². The van der Waals surface area contributed by atoms with Gasteiger partial charge in [0.15, 0.2) is 5.82 Å². The standard InChI is InChI=1S/C27H27F3N4/c1-2-32-27-22-11-10-18(15-20-7-4-3-5-8-21(17-28)24(20)30)16-23(29)25(22)33-26(34-27)19-9-6-13-31-14-12-19/h5-9,11,13-14,16H,2-4,10,12,15,17H2,1H3,(H,32,33,34)/b8-5+,20-7?,24-21?. The Labute approximate surface area is 197 Å². The van der Waals surface area contributed by atoms with Gasteiger partial charge >= 0.3 is 0 Å². The topological polar surface area (TPSA) is 50.2 Å². The second-order valence-electron chi connectivity index (χ2n) is 8.18. The van der Waals surface area contributed by atoms with Gasteiger partial charge in [0, 0.05) is 41.7 Å². The highest BCUT2D eigenvalue weighted by Gasteiger charge is 2.17. The summed E-state index contributed by atoms with van der Waals surface area (Å²) in [6.07, 6.45) is 18.0. The number of nitrogens with one attached hydrogen (secondary N) is 1. The fourth-order valence-electron chi connectivity index (χ4n) is 4.05. The zero-order valence-electron chi connectivity index (χ0n) is 19.1. The SMILES string of the molecule is CCNc1nc(C2=CC=CN=CC2)nc2c1=CCC(CC1=CCC/C=C/C(CF)=C1F)=CC=2F. The van der Waals surface area contributed by atoms with Crippen LogP contribution in [0.4, 0.5) is 19.0 Å². The first-order chi connectivity index (χ1) is 16.6. The number of fused-ring (bicyclic) bond motifs is 1. The van der Waals surface area contributed by atoms with Crippen molar-refractivity contribution in [2.24, 2.45) is 4.99 Å². The third-order valence-electron chi connectivity index (χ3n) is 5.76. The average Bonchev–Trinajstić information content (AvgIpc) is 3.19. The maximum Gasteiger partial charge on any atom is 0.158 e. The molecule has 4 nitrogen and oxygen atoms in total. The van der Waals surface area contributed by atoms with Gasteiger partial charge in [0.05, 0.1) is 0 Å². The van der Waals surface area contributed by atoms with E-state index in [1.807, 2.05) is 19.1 Å². The number of anilines is 1. The lowest BCUT2D eigenvalue weighted by Gasteiger charge is -2.12. The first kappa shape index (κ1) is 23.7. The molecule has 0 fully saturated rings. The second-order valence-corrected chi connectivity index (χ2v) is 8.18. The molecule has 0 radical (unpaired) electrons. The van der Waals surface area contributed by atoms with Gasteiger partial charge in [-0.05, 0) is 50.3 Å². The van der Waals surface area contributed by atoms with Gasteiger partial charge in [-0.2, -0.15) is 0 Å². The van der Waals surface area contributed by atoms with Crippen LogP contribution in [0.5, 0.6) is 0 Å². The van der Waals surface area contributed by atoms with Gasteiger partial charge in [-0.25, -0.2) is 23.1 Å². The number of hydrogen-bond acceptors (Lipinski definition) is 4. The van der Waals surface area contributed by atoms with Crippen LogP contribution in [0, 0.1) is 0 Å². The smallest absolute Gasteiger partial charge is 0.158 e. The molecule has 176 valence electrons. The molecule has 2 aliphatic carbocycles. The van der Waals surface area contributed by atoms with Gasteiger partial charge < -0.3 is 5.32 Å². The Morgan fingerprint density at radius 2 is 1.97 bits per heavy atom. The lowest BCUT2D eigenvalue weighted by Crippen LogP contribution is -2.34. The zero-order chi connectivity index (χ0) is 23.9. The van der Waals surface area contributed by atoms with Crippen LogP contribution in [-0.2, 0) is 0 Å². The highest BCUT2D eigenvalue weighted by molar-refractivity contribution is 5.79. The lowest BCUT2D eigenvalue weighted by atomic mass is 9.96. The van der Waals surface area contributed by atoms with Crippen molar-refractivity contribution in [2.75, 3.05) is 18.5 Å². The van der Waals surface area contributed by atoms with Crippen molar-refractivity contribution in [3.8, 4) is 0 Å². The monoisotopic (exact) mass is 464 g/mol. The molecule has 0 saturated heterocycles. The number of hydrogen-bond donors (Lipinski definition) is 1. The van der Waals surface area contributed by atoms with E-state index in [2.05, 4.69) is 20.3 Å². The molecule has 3 aliphatic rings. The number of allylic oxidation sites excluding steroid dienone is 11. The molecule has 0 aromatic carbocycles. The van der Waals surface area contributed by atoms with Gasteiger partial charge in [-0.1, -0.05) is 36.0 Å². The van der Waals surface area contributed by atoms with E-state index in [9.17, 15) is 8.78 Å². The Balaban J connectivity index is 1.76. The van der Waals surface area contributed by atoms with E-state index in [-0.39, 0.29) is 17.3 Å². The number of aromatic nitrogens is 2. The largest absolute Gasteiger partial charge is 0.370 e. The van der Waals surface area contributed by atoms with Crippen molar-refractivity contribution in [3.05, 3.63) is 81.6 Å². The molecule has 1 N–H and O–H groups in total. The summed E-state index contributed by atoms with van der Waals surface area (Å²) in [6, 6.07) is 0. The molecule has 0 unspecified atom stereocenters. The number of alkyl halides is 1. The summed E-state index contributed by atoms with van der Waals surface area (Å²) in [5.41, 5.74) is 1.94. The summed E-state index contributed by atoms with van der Waals surface area (Å²) in [5.74, 6) is -0.0722. The summed E-state index contributed by atoms with van der Waals surface area (Å²) < 4.78 is 43.8. The van der Waals surface area contributed by atoms with Gasteiger partial charge in [0.2, 0.25) is 0 Å². The van der Waals surface area contributed by atoms with E-state index in [4.69, 9.17) is 0 Å². The number of rotatable bonds is 6. The molecule has 0 atom stereocenters. The molecular weight excluding hydrogens is 437 g/mol. The fraction of sp³-hybridized carbons (Fsp3) is 0.296. The molecule has 1 aromatic rings. The highest BCUT2D eigenvalue weighted by atomic mass is 19.1. The van der Waals surface area contributed by atoms with Crippen molar-refractivity contribution < 1.29 is 13.2 Å². The van der Waals surface area contributed by atoms with Crippen LogP contribution in [0.15, 0.2) is 70.2 Å². The van der Waals surface area contributed by atoms with Gasteiger partial charge in [-0.15, -0.1) is 0 Å². The van der Waals surface area contributed by atoms with Crippen LogP contribution in [0.3, 0.4) is 0 Å². The fourth-order valence-corrected chi connectivity index (χ4v) is 4.05. The van der Waals surface area contributed by atoms with E-state index in [0.717, 1.165) is 5.57 Å². The molecule has 0 spiro atoms. The van der Waals surface area contributed by atoms with E-state index in [0.29, 0.717) is 60.2 Å². The third kappa shape index (κ3) is 5.35. The first-order valence-corrected chi connectivity index (χ1v) is 11.5. The number of nitrogens with zero attached hydrogens (tertiary/aromatic N) is 3. The molecule has 1 aromatic heterocycles. The number of aliphatic imine (C=N–C) groups is 1. The maximum absolute atomic E-state index is 15.5. The van der Waals surface area contributed by atoms with E-state index < -0.39 is 18.3 Å². The first-order valence-electron chi connectivity index (χ1n) is 11.5. The molecule has 0 saturated carbocycles. The predicted molar refractivity (Wildman–Crippen MR) is 133 cm³/mol. The molecular formula is C27H27F3N4. The molecule has 4 rings (SSSR count). The molecule has 2 heterocycles. The summed E-state index contributed by atoms with van der Waals surface area (Å²) >= 11 is 0. The Hall–Kier alpha value is -3.48. The van der Waals surface area contributed by atoms with Crippen LogP contribution >= 0.6 is 0 Å². The molecule has 0 bridgehead atoms. The summed E-state index contributed by atoms with van der Waals surface area (Å²) in [7, 11) is 0. The zero-order valence-corrected chi connectivity index (χ0v) is 19.1. The normalized spacial score (nSPS) is 19.1. The summed E-state index contributed by atoms with van der Waals surface area (Å²) in [6.45, 7) is 1.68. The maximum atomic E-state index is 15.5. The Kier molecular flexibility index (Phi) is 7.72. The van der Waals surface area contributed by atoms with Crippen molar-refractivity contribution in [1.29, 1.82) is 0 Å². The molecule has 0 amide bonds. The Morgan fingerprint density at radius 1 is 1.09 bits per heavy atom. The van der Waals surface area contributed by atoms with E-state index in [1.165, 1.54) is 12.2 Å². The van der Waals surface area contributed by atoms with E-state index >= 15 is 4.39 Å². The lowest BCUT2D eigenvalue weighted by molar-refractivity contribution is 0.528. The van der Waals surface area contributed by atoms with Gasteiger partial charge in [0.25, 0.3) is 0 Å². The Morgan fingerprint density at radius 3 is 2.79 bits per heavy atom. The highest BCUT2D eigenvalue weighted by Crippen LogP contribution is 2.29. The minimum atomic E-state index is -0.878. The van der Waals surface area contributed by atoms with Crippen molar-refractivity contribution in [3.63, 3.8) is 0 Å². The predicted octanol–water partition coefficient (Wildman–Crippen LogP) is 5.33. The molecule has 1 aliphatic heterocycles. The van der Waals surface area contributed by atoms with Crippen LogP contribution in [0.2, 0.25) is 0 Å². The van der Waals surface area contributed by atoms with Gasteiger partial charge in [-0.3, -0.25) is 4.99 Å². The van der Waals surface area contributed by atoms with E-state index in [1.54, 1.807) is 30.6 Å². The van der Waals surface area contributed by atoms with Crippen molar-refractivity contribution >= 4 is 29.5 Å². The molecule has 34 heavy (non-hydrogen) atoms. The van der Waals surface area contributed by atoms with Gasteiger partial charge in [0.1, 0.15) is 29.5 Å². The average molecular weight is 465 g/mol. The van der Waals surface area contributed by atoms with Crippen LogP contribution in [0.25, 0.3) is 17.5 Å². The molecule has 7 heteroatoms. The third-order valence-corrected chi connectivity index (χ3v) is 5.76. The van der Waals surface area contributed by atoms with Crippen molar-refractivity contribution in [1.82, 2.24) is 9.97 Å².